The second-order valence-corrected chi connectivity index (χ2v) is 6.71. The molecule has 1 aliphatic carbocycles. The molecule has 0 aromatic heterocycles. The molecule has 1 aliphatic heterocycles. The Balaban J connectivity index is 0.00000147. The van der Waals surface area contributed by atoms with Crippen LogP contribution in [0.1, 0.15) is 17.9 Å². The van der Waals surface area contributed by atoms with E-state index in [2.05, 4.69) is 22.0 Å². The van der Waals surface area contributed by atoms with Crippen molar-refractivity contribution in [1.82, 2.24) is 4.90 Å². The number of halogens is 2. The molecule has 1 saturated carbocycles. The minimum Gasteiger partial charge on any atom is -0.370 e. The molecule has 2 N–H and O–H groups in total. The first kappa shape index (κ1) is 16.2. The number of guanidine groups is 1. The third-order valence-electron chi connectivity index (χ3n) is 3.69. The molecule has 110 valence electrons. The second-order valence-electron chi connectivity index (χ2n) is 5.05. The molecule has 1 aromatic rings. The van der Waals surface area contributed by atoms with E-state index in [1.54, 1.807) is 0 Å². The van der Waals surface area contributed by atoms with Crippen LogP contribution in [0.4, 0.5) is 0 Å². The van der Waals surface area contributed by atoms with E-state index >= 15 is 0 Å². The number of rotatable bonds is 2. The Labute approximate surface area is 146 Å². The Morgan fingerprint density at radius 2 is 1.90 bits per heavy atom. The van der Waals surface area contributed by atoms with Gasteiger partial charge in [0.15, 0.2) is 5.96 Å². The molecule has 0 radical (unpaired) electrons. The Kier molecular flexibility index (Phi) is 5.86. The SMILES string of the molecule is I.NC(=N[C@@H]1C[C@H]1c1ccc(Cl)cc1)N1CCSCC1. The van der Waals surface area contributed by atoms with E-state index in [0.29, 0.717) is 12.0 Å². The van der Waals surface area contributed by atoms with E-state index in [9.17, 15) is 0 Å². The molecule has 2 aliphatic rings. The van der Waals surface area contributed by atoms with Crippen molar-refractivity contribution < 1.29 is 0 Å². The Hall–Kier alpha value is -0.140. The van der Waals surface area contributed by atoms with Gasteiger partial charge in [-0.3, -0.25) is 0 Å². The molecule has 3 nitrogen and oxygen atoms in total. The van der Waals surface area contributed by atoms with Gasteiger partial charge in [-0.1, -0.05) is 23.7 Å². The minimum atomic E-state index is 0. The first-order valence-corrected chi connectivity index (χ1v) is 8.19. The van der Waals surface area contributed by atoms with Gasteiger partial charge in [-0.2, -0.15) is 11.8 Å². The van der Waals surface area contributed by atoms with E-state index in [1.165, 1.54) is 5.56 Å². The van der Waals surface area contributed by atoms with Gasteiger partial charge >= 0.3 is 0 Å². The zero-order valence-corrected chi connectivity index (χ0v) is 15.1. The second kappa shape index (κ2) is 7.22. The number of aliphatic imine (C=N–C) groups is 1. The highest BCUT2D eigenvalue weighted by Gasteiger charge is 2.38. The molecule has 6 heteroatoms. The molecule has 2 fully saturated rings. The number of hydrogen-bond acceptors (Lipinski definition) is 2. The van der Waals surface area contributed by atoms with Crippen molar-refractivity contribution in [2.75, 3.05) is 24.6 Å². The van der Waals surface area contributed by atoms with Crippen LogP contribution in [0.3, 0.4) is 0 Å². The average molecular weight is 424 g/mol. The van der Waals surface area contributed by atoms with Gasteiger partial charge in [0, 0.05) is 35.5 Å². The third kappa shape index (κ3) is 3.95. The summed E-state index contributed by atoms with van der Waals surface area (Å²) in [6.07, 6.45) is 1.10. The first-order chi connectivity index (χ1) is 9.24. The predicted molar refractivity (Wildman–Crippen MR) is 98.5 cm³/mol. The highest BCUT2D eigenvalue weighted by atomic mass is 127. The largest absolute Gasteiger partial charge is 0.370 e. The third-order valence-corrected chi connectivity index (χ3v) is 4.88. The first-order valence-electron chi connectivity index (χ1n) is 6.65. The lowest BCUT2D eigenvalue weighted by atomic mass is 10.1. The maximum absolute atomic E-state index is 6.10. The van der Waals surface area contributed by atoms with Gasteiger partial charge in [0.2, 0.25) is 0 Å². The standard InChI is InChI=1S/C14H18ClN3S.HI/c15-11-3-1-10(2-4-11)12-9-13(12)17-14(16)18-5-7-19-8-6-18;/h1-4,12-13H,5-9H2,(H2,16,17);1H/t12-,13+;/m0./s1. The summed E-state index contributed by atoms with van der Waals surface area (Å²) in [6, 6.07) is 8.44. The molecule has 1 aromatic carbocycles. The summed E-state index contributed by atoms with van der Waals surface area (Å²) in [4.78, 5) is 6.87. The van der Waals surface area contributed by atoms with Crippen molar-refractivity contribution in [1.29, 1.82) is 0 Å². The molecule has 0 unspecified atom stereocenters. The quantitative estimate of drug-likeness (QED) is 0.451. The summed E-state index contributed by atoms with van der Waals surface area (Å²) in [5, 5.41) is 0.787. The van der Waals surface area contributed by atoms with Gasteiger partial charge in [0.1, 0.15) is 0 Å². The zero-order valence-electron chi connectivity index (χ0n) is 11.2. The Morgan fingerprint density at radius 1 is 1.25 bits per heavy atom. The van der Waals surface area contributed by atoms with E-state index < -0.39 is 0 Å². The number of thioether (sulfide) groups is 1. The van der Waals surface area contributed by atoms with E-state index in [0.717, 1.165) is 42.0 Å². The molecular weight excluding hydrogens is 405 g/mol. The number of nitrogens with two attached hydrogens (primary N) is 1. The van der Waals surface area contributed by atoms with Crippen LogP contribution in [-0.2, 0) is 0 Å². The average Bonchev–Trinajstić information content (AvgIpc) is 3.20. The van der Waals surface area contributed by atoms with Gasteiger partial charge in [-0.25, -0.2) is 4.99 Å². The van der Waals surface area contributed by atoms with Crippen molar-refractivity contribution in [3.63, 3.8) is 0 Å². The molecule has 2 atom stereocenters. The van der Waals surface area contributed by atoms with Crippen LogP contribution in [0.5, 0.6) is 0 Å². The smallest absolute Gasteiger partial charge is 0.191 e. The maximum atomic E-state index is 6.10. The van der Waals surface area contributed by atoms with Crippen LogP contribution in [0.15, 0.2) is 29.3 Å². The lowest BCUT2D eigenvalue weighted by Gasteiger charge is -2.27. The summed E-state index contributed by atoms with van der Waals surface area (Å²) in [6.45, 7) is 2.05. The van der Waals surface area contributed by atoms with Gasteiger partial charge in [-0.05, 0) is 24.1 Å². The highest BCUT2D eigenvalue weighted by Crippen LogP contribution is 2.43. The fourth-order valence-corrected chi connectivity index (χ4v) is 3.47. The van der Waals surface area contributed by atoms with E-state index in [1.807, 2.05) is 23.9 Å². The lowest BCUT2D eigenvalue weighted by molar-refractivity contribution is 0.455. The summed E-state index contributed by atoms with van der Waals surface area (Å²) in [5.74, 6) is 3.56. The molecule has 0 bridgehead atoms. The summed E-state index contributed by atoms with van der Waals surface area (Å²) in [7, 11) is 0. The van der Waals surface area contributed by atoms with Crippen LogP contribution in [0.2, 0.25) is 5.02 Å². The molecule has 3 rings (SSSR count). The number of nitrogens with zero attached hydrogens (tertiary/aromatic N) is 2. The zero-order chi connectivity index (χ0) is 13.2. The monoisotopic (exact) mass is 423 g/mol. The molecule has 0 amide bonds. The molecule has 0 spiro atoms. The minimum absolute atomic E-state index is 0. The maximum Gasteiger partial charge on any atom is 0.191 e. The number of hydrogen-bond donors (Lipinski definition) is 1. The van der Waals surface area contributed by atoms with Gasteiger partial charge in [0.05, 0.1) is 6.04 Å². The summed E-state index contributed by atoms with van der Waals surface area (Å²) < 4.78 is 0. The summed E-state index contributed by atoms with van der Waals surface area (Å²) >= 11 is 7.89. The van der Waals surface area contributed by atoms with Crippen molar-refractivity contribution in [2.45, 2.75) is 18.4 Å². The van der Waals surface area contributed by atoms with Gasteiger partial charge in [0.25, 0.3) is 0 Å². The predicted octanol–water partition coefficient (Wildman–Crippen LogP) is 3.18. The Morgan fingerprint density at radius 3 is 2.55 bits per heavy atom. The topological polar surface area (TPSA) is 41.6 Å². The van der Waals surface area contributed by atoms with Crippen LogP contribution in [0, 0.1) is 0 Å². The fourth-order valence-electron chi connectivity index (χ4n) is 2.44. The molecule has 20 heavy (non-hydrogen) atoms. The van der Waals surface area contributed by atoms with Crippen molar-refractivity contribution >= 4 is 53.3 Å². The van der Waals surface area contributed by atoms with E-state index in [4.69, 9.17) is 17.3 Å². The van der Waals surface area contributed by atoms with Crippen molar-refractivity contribution in [3.05, 3.63) is 34.9 Å². The van der Waals surface area contributed by atoms with Crippen LogP contribution < -0.4 is 5.73 Å². The highest BCUT2D eigenvalue weighted by molar-refractivity contribution is 14.0. The molecular formula is C14H19ClIN3S. The van der Waals surface area contributed by atoms with E-state index in [-0.39, 0.29) is 24.0 Å². The molecule has 1 saturated heterocycles. The van der Waals surface area contributed by atoms with Gasteiger partial charge in [-0.15, -0.1) is 24.0 Å². The van der Waals surface area contributed by atoms with Crippen LogP contribution in [-0.4, -0.2) is 41.5 Å². The van der Waals surface area contributed by atoms with Crippen LogP contribution >= 0.6 is 47.3 Å². The van der Waals surface area contributed by atoms with Crippen molar-refractivity contribution in [2.24, 2.45) is 10.7 Å². The summed E-state index contributed by atoms with van der Waals surface area (Å²) in [5.41, 5.74) is 7.42. The van der Waals surface area contributed by atoms with Crippen molar-refractivity contribution in [3.8, 4) is 0 Å². The Bertz CT molecular complexity index is 474. The fraction of sp³-hybridized carbons (Fsp3) is 0.500. The van der Waals surface area contributed by atoms with Gasteiger partial charge < -0.3 is 10.6 Å². The molecule has 1 heterocycles. The van der Waals surface area contributed by atoms with Crippen LogP contribution in [0.25, 0.3) is 0 Å². The lowest BCUT2D eigenvalue weighted by Crippen LogP contribution is -2.42. The number of benzene rings is 1. The normalized spacial score (nSPS) is 26.1.